The molecule has 7 N–H and O–H groups in total. The molecule has 49 heavy (non-hydrogen) atoms. The molecule has 0 spiro atoms. The molecule has 2 aromatic rings. The third-order valence-corrected chi connectivity index (χ3v) is 8.81. The lowest BCUT2D eigenvalue weighted by Gasteiger charge is -2.36. The van der Waals surface area contributed by atoms with Crippen LogP contribution in [0.3, 0.4) is 0 Å². The number of ketones is 2. The van der Waals surface area contributed by atoms with E-state index in [1.165, 1.54) is 21.1 Å². The van der Waals surface area contributed by atoms with Crippen molar-refractivity contribution in [1.29, 1.82) is 0 Å². The number of phenolic OH excluding ortho intramolecular Hbond substituents is 2. The number of aromatic hydroxyl groups is 2. The number of ether oxygens (including phenoxy) is 6. The van der Waals surface area contributed by atoms with Crippen LogP contribution in [0.1, 0.15) is 56.1 Å². The Bertz CT molecular complexity index is 1440. The molecule has 5 unspecified atom stereocenters. The molecule has 0 amide bonds. The Kier molecular flexibility index (Phi) is 14.3. The van der Waals surface area contributed by atoms with Gasteiger partial charge in [-0.1, -0.05) is 0 Å². The summed E-state index contributed by atoms with van der Waals surface area (Å²) < 4.78 is 33.6. The molecule has 0 aromatic heterocycles. The van der Waals surface area contributed by atoms with Crippen molar-refractivity contribution in [3.8, 4) is 17.2 Å². The van der Waals surface area contributed by atoms with Gasteiger partial charge in [0.2, 0.25) is 0 Å². The van der Waals surface area contributed by atoms with Crippen molar-refractivity contribution >= 4 is 22.3 Å². The second-order valence-corrected chi connectivity index (χ2v) is 12.4. The van der Waals surface area contributed by atoms with Crippen molar-refractivity contribution in [2.24, 2.45) is 5.92 Å². The molecule has 2 aromatic carbocycles. The molecule has 1 aliphatic rings. The number of rotatable bonds is 18. The van der Waals surface area contributed by atoms with Crippen LogP contribution in [0.5, 0.6) is 17.2 Å². The molecule has 1 aliphatic carbocycles. The first-order chi connectivity index (χ1) is 23.0. The minimum Gasteiger partial charge on any atom is -0.507 e. The van der Waals surface area contributed by atoms with E-state index in [1.807, 2.05) is 0 Å². The fourth-order valence-electron chi connectivity index (χ4n) is 5.92. The first kappa shape index (κ1) is 40.5. The van der Waals surface area contributed by atoms with Crippen LogP contribution >= 0.6 is 0 Å². The smallest absolute Gasteiger partial charge is 0.197 e. The fraction of sp³-hybridized carbons (Fsp3) is 0.647. The van der Waals surface area contributed by atoms with E-state index in [0.717, 1.165) is 0 Å². The van der Waals surface area contributed by atoms with Crippen molar-refractivity contribution in [2.45, 2.75) is 109 Å². The quantitative estimate of drug-likeness (QED) is 0.107. The summed E-state index contributed by atoms with van der Waals surface area (Å²) in [5, 5.41) is 72.1. The first-order valence-corrected chi connectivity index (χ1v) is 16.1. The lowest BCUT2D eigenvalue weighted by Crippen LogP contribution is -2.51. The maximum absolute atomic E-state index is 13.7. The number of aliphatic hydroxyl groups is 5. The molecule has 0 fully saturated rings. The Labute approximate surface area is 284 Å². The number of aliphatic hydroxyl groups excluding tert-OH is 5. The van der Waals surface area contributed by atoms with Gasteiger partial charge in [0.15, 0.2) is 24.1 Å². The average Bonchev–Trinajstić information content (AvgIpc) is 3.04. The van der Waals surface area contributed by atoms with Gasteiger partial charge in [0.25, 0.3) is 0 Å². The summed E-state index contributed by atoms with van der Waals surface area (Å²) in [6, 6.07) is 3.13. The number of benzene rings is 2. The van der Waals surface area contributed by atoms with Gasteiger partial charge in [-0.05, 0) is 71.0 Å². The Balaban J connectivity index is 1.83. The Hall–Kier alpha value is -2.96. The van der Waals surface area contributed by atoms with Gasteiger partial charge in [0.1, 0.15) is 47.8 Å². The number of fused-ring (bicyclic) bond motifs is 2. The second kappa shape index (κ2) is 17.3. The third kappa shape index (κ3) is 9.05. The number of hydrogen-bond acceptors (Lipinski definition) is 15. The Morgan fingerprint density at radius 3 is 2.10 bits per heavy atom. The Morgan fingerprint density at radius 1 is 0.918 bits per heavy atom. The van der Waals surface area contributed by atoms with Gasteiger partial charge in [-0.15, -0.1) is 0 Å². The molecular formula is C34H50O15. The lowest BCUT2D eigenvalue weighted by molar-refractivity contribution is -0.205. The fourth-order valence-corrected chi connectivity index (χ4v) is 5.92. The van der Waals surface area contributed by atoms with Crippen molar-refractivity contribution < 1.29 is 73.8 Å². The van der Waals surface area contributed by atoms with Gasteiger partial charge in [-0.3, -0.25) is 9.59 Å². The molecule has 0 saturated carbocycles. The highest BCUT2D eigenvalue weighted by molar-refractivity contribution is 6.11. The predicted molar refractivity (Wildman–Crippen MR) is 174 cm³/mol. The minimum absolute atomic E-state index is 0.000762. The molecule has 0 saturated heterocycles. The summed E-state index contributed by atoms with van der Waals surface area (Å²) in [4.78, 5) is 26.7. The van der Waals surface area contributed by atoms with Gasteiger partial charge >= 0.3 is 0 Å². The van der Waals surface area contributed by atoms with Crippen molar-refractivity contribution in [3.63, 3.8) is 0 Å². The summed E-state index contributed by atoms with van der Waals surface area (Å²) in [6.45, 7) is 8.49. The SMILES string of the molecule is CO[C@@H]1C(=O)c2c(cc3cc(OC(C)OC(C)[C@@H](O)COC(C)OC(C)[C@@H](O)CO)c(C)c(O)c3c2O)CC1[C@H](OC)C(=O)[C@@H](O)[C@@H](C)O. The highest BCUT2D eigenvalue weighted by atomic mass is 16.7. The van der Waals surface area contributed by atoms with E-state index in [9.17, 15) is 40.2 Å². The lowest BCUT2D eigenvalue weighted by atomic mass is 9.75. The molecule has 0 heterocycles. The van der Waals surface area contributed by atoms with E-state index < -0.39 is 91.3 Å². The van der Waals surface area contributed by atoms with E-state index in [1.54, 1.807) is 46.8 Å². The number of phenols is 2. The number of hydrogen-bond donors (Lipinski definition) is 7. The predicted octanol–water partition coefficient (Wildman–Crippen LogP) is 0.867. The monoisotopic (exact) mass is 698 g/mol. The summed E-state index contributed by atoms with van der Waals surface area (Å²) in [5.41, 5.74) is 0.489. The topological polar surface area (TPSA) is 231 Å². The third-order valence-electron chi connectivity index (χ3n) is 8.81. The molecule has 15 nitrogen and oxygen atoms in total. The molecule has 0 radical (unpaired) electrons. The van der Waals surface area contributed by atoms with Gasteiger partial charge in [0, 0.05) is 25.7 Å². The molecule has 15 heteroatoms. The zero-order valence-electron chi connectivity index (χ0n) is 29.0. The van der Waals surface area contributed by atoms with Crippen LogP contribution in [0.15, 0.2) is 12.1 Å². The number of carbonyl (C=O) groups is 2. The standard InChI is InChI=1S/C34H50O15/c1-14-25(49-19(6)48-17(4)24(38)13-46-18(5)47-16(3)23(37)12-35)11-21-9-20-10-22(34(45-8)32(43)29(40)15(2)36)33(44-7)31(42)27(20)30(41)26(21)28(14)39/h9,11,15-19,22-24,29,33-41H,10,12-13H2,1-8H3/t15-,16?,17?,18?,19?,22?,23+,24+,29+,33+,34+/m1/s1. The zero-order valence-corrected chi connectivity index (χ0v) is 29.0. The molecule has 0 aliphatic heterocycles. The van der Waals surface area contributed by atoms with E-state index in [0.29, 0.717) is 10.9 Å². The largest absolute Gasteiger partial charge is 0.507 e. The molecule has 276 valence electrons. The molecule has 0 bridgehead atoms. The molecule has 3 rings (SSSR count). The molecule has 11 atom stereocenters. The van der Waals surface area contributed by atoms with Crippen molar-refractivity contribution in [3.05, 3.63) is 28.8 Å². The second-order valence-electron chi connectivity index (χ2n) is 12.4. The van der Waals surface area contributed by atoms with E-state index in [2.05, 4.69) is 0 Å². The zero-order chi connectivity index (χ0) is 36.9. The summed E-state index contributed by atoms with van der Waals surface area (Å²) in [7, 11) is 2.51. The number of Topliss-reactive ketones (excluding diaryl/α,β-unsaturated/α-hetero) is 2. The average molecular weight is 699 g/mol. The number of carbonyl (C=O) groups excluding carboxylic acids is 2. The van der Waals surface area contributed by atoms with Crippen LogP contribution in [0.4, 0.5) is 0 Å². The van der Waals surface area contributed by atoms with Crippen LogP contribution < -0.4 is 4.74 Å². The first-order valence-electron chi connectivity index (χ1n) is 16.1. The van der Waals surface area contributed by atoms with Crippen LogP contribution in [-0.4, -0.2) is 136 Å². The van der Waals surface area contributed by atoms with Crippen LogP contribution in [-0.2, 0) is 34.9 Å². The van der Waals surface area contributed by atoms with E-state index in [4.69, 9.17) is 33.5 Å². The van der Waals surface area contributed by atoms with E-state index >= 15 is 0 Å². The summed E-state index contributed by atoms with van der Waals surface area (Å²) >= 11 is 0. The van der Waals surface area contributed by atoms with Crippen LogP contribution in [0.25, 0.3) is 10.8 Å². The Morgan fingerprint density at radius 2 is 1.53 bits per heavy atom. The van der Waals surface area contributed by atoms with Gasteiger partial charge in [-0.25, -0.2) is 0 Å². The molecular weight excluding hydrogens is 648 g/mol. The minimum atomic E-state index is -1.76. The maximum Gasteiger partial charge on any atom is 0.197 e. The van der Waals surface area contributed by atoms with E-state index in [-0.39, 0.29) is 41.0 Å². The van der Waals surface area contributed by atoms with Crippen LogP contribution in [0, 0.1) is 12.8 Å². The summed E-state index contributed by atoms with van der Waals surface area (Å²) in [5.74, 6) is -3.03. The highest BCUT2D eigenvalue weighted by Gasteiger charge is 2.46. The van der Waals surface area contributed by atoms with Crippen LogP contribution in [0.2, 0.25) is 0 Å². The summed E-state index contributed by atoms with van der Waals surface area (Å²) in [6.07, 6.45) is -11.1. The normalized spacial score (nSPS) is 22.0. The number of methoxy groups -OCH3 is 2. The highest BCUT2D eigenvalue weighted by Crippen LogP contribution is 2.46. The van der Waals surface area contributed by atoms with Gasteiger partial charge < -0.3 is 64.2 Å². The maximum atomic E-state index is 13.7. The van der Waals surface area contributed by atoms with Crippen molar-refractivity contribution in [2.75, 3.05) is 27.4 Å². The van der Waals surface area contributed by atoms with Gasteiger partial charge in [-0.2, -0.15) is 0 Å². The van der Waals surface area contributed by atoms with Crippen molar-refractivity contribution in [1.82, 2.24) is 0 Å². The van der Waals surface area contributed by atoms with Gasteiger partial charge in [0.05, 0.1) is 42.5 Å².